The van der Waals surface area contributed by atoms with Crippen LogP contribution in [0.2, 0.25) is 0 Å². The number of hydrogen-bond donors (Lipinski definition) is 1. The van der Waals surface area contributed by atoms with E-state index < -0.39 is 0 Å². The topological polar surface area (TPSA) is 28.7 Å². The van der Waals surface area contributed by atoms with Gasteiger partial charge in [-0.2, -0.15) is 0 Å². The van der Waals surface area contributed by atoms with E-state index in [9.17, 15) is 0 Å². The van der Waals surface area contributed by atoms with Crippen LogP contribution in [0.1, 0.15) is 5.69 Å². The number of H-pyrrole nitrogens is 1. The molecule has 0 saturated heterocycles. The van der Waals surface area contributed by atoms with E-state index in [2.05, 4.69) is 99.7 Å². The second kappa shape index (κ2) is 6.94. The Bertz CT molecular complexity index is 439. The molecule has 0 aliphatic rings. The maximum absolute atomic E-state index is 4.18. The molecule has 2 nitrogen and oxygen atoms in total. The third kappa shape index (κ3) is 5.02. The van der Waals surface area contributed by atoms with Crippen molar-refractivity contribution in [3.05, 3.63) is 28.5 Å². The van der Waals surface area contributed by atoms with Crippen LogP contribution >= 0.6 is 83.7 Å². The van der Waals surface area contributed by atoms with Gasteiger partial charge in [-0.25, -0.2) is 4.98 Å². The molecule has 0 unspecified atom stereocenters. The lowest BCUT2D eigenvalue weighted by molar-refractivity contribution is 1.25. The number of aromatic amines is 1. The highest BCUT2D eigenvalue weighted by molar-refractivity contribution is 14.3. The fraction of sp³-hybridized carbons (Fsp3) is 0.222. The van der Waals surface area contributed by atoms with E-state index in [1.54, 1.807) is 6.20 Å². The number of nitrogens with zero attached hydrogens (tertiary/aromatic N) is 1. The Labute approximate surface area is 138 Å². The fourth-order valence-corrected chi connectivity index (χ4v) is 1.55. The predicted octanol–water partition coefficient (Wildman–Crippen LogP) is 5.21. The third-order valence-corrected chi connectivity index (χ3v) is 2.30. The standard InChI is InChI=1S/C8H7BrN2.CHI3/c1-5-4-6-7(9)2-3-10-8(6)11-5;2-1(3)4/h2-4H,1H3,(H,10,11);1H. The molecule has 0 aliphatic heterocycles. The Morgan fingerprint density at radius 3 is 2.53 bits per heavy atom. The normalized spacial score (nSPS) is 10.3. The fourth-order valence-electron chi connectivity index (χ4n) is 1.13. The summed E-state index contributed by atoms with van der Waals surface area (Å²) in [5.41, 5.74) is 2.08. The number of aryl methyl sites for hydroxylation is 1. The van der Waals surface area contributed by atoms with E-state index >= 15 is 0 Å². The molecule has 0 aromatic carbocycles. The molecule has 0 saturated carbocycles. The molecule has 1 N–H and O–H groups in total. The number of hydrogen-bond acceptors (Lipinski definition) is 1. The number of alkyl halides is 3. The molecule has 2 heterocycles. The zero-order chi connectivity index (χ0) is 11.4. The summed E-state index contributed by atoms with van der Waals surface area (Å²) in [5.74, 6) is 0. The number of nitrogens with one attached hydrogen (secondary N) is 1. The Kier molecular flexibility index (Phi) is 6.67. The second-order valence-corrected chi connectivity index (χ2v) is 14.5. The van der Waals surface area contributed by atoms with Crippen molar-refractivity contribution in [2.45, 2.75) is 6.86 Å². The summed E-state index contributed by atoms with van der Waals surface area (Å²) in [6.45, 7) is 2.02. The average molecular weight is 605 g/mol. The SMILES string of the molecule is Cc1cc2c(Br)ccnc2[nH]1.IC(I)I. The van der Waals surface area contributed by atoms with Crippen LogP contribution in [0, 0.1) is 6.92 Å². The zero-order valence-electron chi connectivity index (χ0n) is 7.77. The van der Waals surface area contributed by atoms with Crippen molar-refractivity contribution in [1.82, 2.24) is 9.97 Å². The number of rotatable bonds is 0. The highest BCUT2D eigenvalue weighted by Crippen LogP contribution is 2.21. The number of halogens is 4. The van der Waals surface area contributed by atoms with E-state index in [1.807, 2.05) is 13.0 Å². The van der Waals surface area contributed by atoms with E-state index in [1.165, 1.54) is 0 Å². The molecular formula is C9H8BrI3N2. The Balaban J connectivity index is 0.000000245. The minimum atomic E-state index is 0.743. The van der Waals surface area contributed by atoms with Gasteiger partial charge in [0, 0.05) is 21.7 Å². The average Bonchev–Trinajstić information content (AvgIpc) is 2.46. The predicted molar refractivity (Wildman–Crippen MR) is 94.4 cm³/mol. The lowest BCUT2D eigenvalue weighted by Gasteiger charge is -1.89. The molecule has 0 spiro atoms. The van der Waals surface area contributed by atoms with E-state index in [4.69, 9.17) is 0 Å². The van der Waals surface area contributed by atoms with Crippen LogP contribution < -0.4 is 0 Å². The van der Waals surface area contributed by atoms with Crippen LogP contribution in [-0.2, 0) is 0 Å². The largest absolute Gasteiger partial charge is 0.344 e. The quantitative estimate of drug-likeness (QED) is 0.325. The van der Waals surface area contributed by atoms with Gasteiger partial charge < -0.3 is 4.98 Å². The molecule has 6 heteroatoms. The summed E-state index contributed by atoms with van der Waals surface area (Å²) in [6, 6.07) is 4.02. The molecule has 0 aliphatic carbocycles. The molecule has 0 fully saturated rings. The first-order valence-electron chi connectivity index (χ1n) is 4.02. The van der Waals surface area contributed by atoms with Gasteiger partial charge in [-0.15, -0.1) is 0 Å². The molecule has 0 radical (unpaired) electrons. The van der Waals surface area contributed by atoms with Gasteiger partial charge in [-0.3, -0.25) is 0 Å². The van der Waals surface area contributed by atoms with Gasteiger partial charge >= 0.3 is 0 Å². The van der Waals surface area contributed by atoms with Gasteiger partial charge in [0.1, 0.15) is 5.59 Å². The molecule has 2 rings (SSSR count). The number of pyridine rings is 1. The lowest BCUT2D eigenvalue weighted by Crippen LogP contribution is -1.74. The molecule has 15 heavy (non-hydrogen) atoms. The first kappa shape index (κ1) is 14.4. The number of aromatic nitrogens is 2. The van der Waals surface area contributed by atoms with Gasteiger partial charge in [0.25, 0.3) is 0 Å². The van der Waals surface area contributed by atoms with E-state index in [-0.39, 0.29) is 0 Å². The van der Waals surface area contributed by atoms with Crippen molar-refractivity contribution in [3.63, 3.8) is 0 Å². The second-order valence-electron chi connectivity index (χ2n) is 2.75. The zero-order valence-corrected chi connectivity index (χ0v) is 15.8. The summed E-state index contributed by atoms with van der Waals surface area (Å²) in [5, 5.41) is 1.14. The number of fused-ring (bicyclic) bond motifs is 1. The highest BCUT2D eigenvalue weighted by Gasteiger charge is 2.00. The van der Waals surface area contributed by atoms with Crippen molar-refractivity contribution in [1.29, 1.82) is 0 Å². The Morgan fingerprint density at radius 2 is 2.00 bits per heavy atom. The van der Waals surface area contributed by atoms with Gasteiger partial charge in [0.15, 0.2) is 0 Å². The monoisotopic (exact) mass is 604 g/mol. The van der Waals surface area contributed by atoms with Crippen molar-refractivity contribution >= 4 is 94.7 Å². The van der Waals surface area contributed by atoms with Crippen LogP contribution in [0.15, 0.2) is 22.8 Å². The molecule has 0 amide bonds. The Hall–Kier alpha value is 1.36. The van der Waals surface area contributed by atoms with Crippen molar-refractivity contribution in [3.8, 4) is 0 Å². The lowest BCUT2D eigenvalue weighted by atomic mass is 10.3. The smallest absolute Gasteiger partial charge is 0.138 e. The van der Waals surface area contributed by atoms with Crippen LogP contribution in [0.3, 0.4) is 0 Å². The van der Waals surface area contributed by atoms with E-state index in [0.717, 1.165) is 21.1 Å². The first-order valence-corrected chi connectivity index (χ1v) is 8.55. The van der Waals surface area contributed by atoms with Crippen LogP contribution in [0.5, 0.6) is 0 Å². The first-order chi connectivity index (χ1) is 7.00. The summed E-state index contributed by atoms with van der Waals surface area (Å²) < 4.78 is 1.83. The summed E-state index contributed by atoms with van der Waals surface area (Å²) in [4.78, 5) is 7.34. The van der Waals surface area contributed by atoms with Crippen molar-refractivity contribution < 1.29 is 0 Å². The van der Waals surface area contributed by atoms with Crippen LogP contribution in [-0.4, -0.2) is 9.91 Å². The minimum Gasteiger partial charge on any atom is -0.344 e. The van der Waals surface area contributed by atoms with Gasteiger partial charge in [0.05, 0.1) is 0 Å². The molecular weight excluding hydrogens is 597 g/mol. The molecule has 0 atom stereocenters. The van der Waals surface area contributed by atoms with Gasteiger partial charge in [-0.1, -0.05) is 67.8 Å². The third-order valence-electron chi connectivity index (χ3n) is 1.61. The minimum absolute atomic E-state index is 0.743. The van der Waals surface area contributed by atoms with Crippen LogP contribution in [0.25, 0.3) is 11.0 Å². The maximum Gasteiger partial charge on any atom is 0.138 e. The van der Waals surface area contributed by atoms with Gasteiger partial charge in [-0.05, 0) is 35.0 Å². The summed E-state index contributed by atoms with van der Waals surface area (Å²) >= 11 is 10.4. The molecule has 2 aromatic heterocycles. The van der Waals surface area contributed by atoms with E-state index in [0.29, 0.717) is 0 Å². The summed E-state index contributed by atoms with van der Waals surface area (Å²) in [6.07, 6.45) is 1.78. The van der Waals surface area contributed by atoms with Crippen molar-refractivity contribution in [2.75, 3.05) is 0 Å². The molecule has 82 valence electrons. The molecule has 0 bridgehead atoms. The van der Waals surface area contributed by atoms with Crippen LogP contribution in [0.4, 0.5) is 0 Å². The molecule has 2 aromatic rings. The summed E-state index contributed by atoms with van der Waals surface area (Å²) in [7, 11) is 0. The van der Waals surface area contributed by atoms with Gasteiger partial charge in [0.2, 0.25) is 0 Å². The van der Waals surface area contributed by atoms with Crippen molar-refractivity contribution in [2.24, 2.45) is 0 Å². The maximum atomic E-state index is 4.18. The Morgan fingerprint density at radius 1 is 1.40 bits per heavy atom. The highest BCUT2D eigenvalue weighted by atomic mass is 127.